The largest absolute Gasteiger partial charge is 0.493 e. The van der Waals surface area contributed by atoms with E-state index in [-0.39, 0.29) is 18.0 Å². The van der Waals surface area contributed by atoms with E-state index in [1.54, 1.807) is 6.20 Å². The minimum Gasteiger partial charge on any atom is -0.493 e. The molecule has 3 aromatic rings. The lowest BCUT2D eigenvalue weighted by Crippen LogP contribution is -2.48. The van der Waals surface area contributed by atoms with Gasteiger partial charge in [-0.25, -0.2) is 13.6 Å². The Kier molecular flexibility index (Phi) is 6.97. The SMILES string of the molecule is CCN1C(=O)N(c2c(F)c(OC)cc(OC)c2F)Cc2cnc(-c3ccc(CN4CCCC4)cc3)cc21. The third kappa shape index (κ3) is 4.59. The molecule has 0 unspecified atom stereocenters. The molecule has 1 fully saturated rings. The number of fused-ring (bicyclic) bond motifs is 1. The van der Waals surface area contributed by atoms with E-state index in [9.17, 15) is 4.79 Å². The molecule has 5 rings (SSSR count). The van der Waals surface area contributed by atoms with Gasteiger partial charge in [-0.1, -0.05) is 24.3 Å². The molecular formula is C28H30F2N4O3. The number of hydrogen-bond donors (Lipinski definition) is 0. The number of likely N-dealkylation sites (tertiary alicyclic amines) is 1. The molecule has 0 spiro atoms. The number of carbonyl (C=O) groups is 1. The average Bonchev–Trinajstić information content (AvgIpc) is 3.42. The molecule has 2 aliphatic rings. The zero-order valence-electron chi connectivity index (χ0n) is 21.3. The Labute approximate surface area is 215 Å². The molecule has 0 saturated carbocycles. The number of aromatic nitrogens is 1. The first-order chi connectivity index (χ1) is 17.9. The third-order valence-electron chi connectivity index (χ3n) is 7.03. The highest BCUT2D eigenvalue weighted by atomic mass is 19.1. The minimum absolute atomic E-state index is 0.0448. The van der Waals surface area contributed by atoms with Crippen molar-refractivity contribution in [2.24, 2.45) is 0 Å². The lowest BCUT2D eigenvalue weighted by molar-refractivity contribution is 0.249. The molecule has 3 heterocycles. The van der Waals surface area contributed by atoms with Crippen molar-refractivity contribution in [3.63, 3.8) is 0 Å². The van der Waals surface area contributed by atoms with E-state index in [0.717, 1.165) is 41.9 Å². The monoisotopic (exact) mass is 508 g/mol. The fourth-order valence-corrected chi connectivity index (χ4v) is 5.06. The summed E-state index contributed by atoms with van der Waals surface area (Å²) in [7, 11) is 2.55. The Balaban J connectivity index is 1.47. The number of carbonyl (C=O) groups excluding carboxylic acids is 1. The highest BCUT2D eigenvalue weighted by Crippen LogP contribution is 2.41. The van der Waals surface area contributed by atoms with Crippen molar-refractivity contribution in [3.8, 4) is 22.8 Å². The molecule has 0 N–H and O–H groups in total. The average molecular weight is 509 g/mol. The highest BCUT2D eigenvalue weighted by molar-refractivity contribution is 6.06. The van der Waals surface area contributed by atoms with Crippen LogP contribution in [-0.2, 0) is 13.1 Å². The van der Waals surface area contributed by atoms with Crippen molar-refractivity contribution in [2.75, 3.05) is 43.7 Å². The van der Waals surface area contributed by atoms with Gasteiger partial charge in [0.1, 0.15) is 5.69 Å². The summed E-state index contributed by atoms with van der Waals surface area (Å²) in [5.74, 6) is -2.35. The highest BCUT2D eigenvalue weighted by Gasteiger charge is 2.36. The molecule has 1 aromatic heterocycles. The summed E-state index contributed by atoms with van der Waals surface area (Å²) in [5, 5.41) is 0. The molecule has 194 valence electrons. The van der Waals surface area contributed by atoms with Gasteiger partial charge in [0, 0.05) is 36.5 Å². The van der Waals surface area contributed by atoms with E-state index in [2.05, 4.69) is 22.0 Å². The van der Waals surface area contributed by atoms with Crippen LogP contribution < -0.4 is 19.3 Å². The zero-order valence-corrected chi connectivity index (χ0v) is 21.3. The number of hydrogen-bond acceptors (Lipinski definition) is 5. The van der Waals surface area contributed by atoms with E-state index in [1.807, 2.05) is 25.1 Å². The number of urea groups is 1. The molecule has 7 nitrogen and oxygen atoms in total. The molecule has 0 aliphatic carbocycles. The summed E-state index contributed by atoms with van der Waals surface area (Å²) in [5.41, 5.74) is 3.76. The van der Waals surface area contributed by atoms with E-state index in [4.69, 9.17) is 9.47 Å². The number of halogens is 2. The van der Waals surface area contributed by atoms with Crippen molar-refractivity contribution in [3.05, 3.63) is 65.4 Å². The van der Waals surface area contributed by atoms with Gasteiger partial charge in [0.2, 0.25) is 0 Å². The Bertz CT molecular complexity index is 1280. The number of benzene rings is 2. The normalized spacial score (nSPS) is 15.8. The second kappa shape index (κ2) is 10.3. The predicted molar refractivity (Wildman–Crippen MR) is 138 cm³/mol. The van der Waals surface area contributed by atoms with Crippen molar-refractivity contribution in [2.45, 2.75) is 32.9 Å². The van der Waals surface area contributed by atoms with Gasteiger partial charge in [-0.15, -0.1) is 0 Å². The summed E-state index contributed by atoms with van der Waals surface area (Å²) in [6, 6.07) is 10.8. The number of pyridine rings is 1. The van der Waals surface area contributed by atoms with E-state index < -0.39 is 23.4 Å². The zero-order chi connectivity index (χ0) is 26.1. The molecule has 9 heteroatoms. The van der Waals surface area contributed by atoms with Gasteiger partial charge in [0.25, 0.3) is 0 Å². The topological polar surface area (TPSA) is 58.1 Å². The van der Waals surface area contributed by atoms with E-state index in [0.29, 0.717) is 17.8 Å². The summed E-state index contributed by atoms with van der Waals surface area (Å²) >= 11 is 0. The maximum absolute atomic E-state index is 15.2. The number of nitrogens with zero attached hydrogens (tertiary/aromatic N) is 4. The van der Waals surface area contributed by atoms with Crippen LogP contribution in [0.1, 0.15) is 30.9 Å². The van der Waals surface area contributed by atoms with Crippen LogP contribution >= 0.6 is 0 Å². The fraction of sp³-hybridized carbons (Fsp3) is 0.357. The smallest absolute Gasteiger partial charge is 0.329 e. The van der Waals surface area contributed by atoms with Crippen LogP contribution in [0.3, 0.4) is 0 Å². The van der Waals surface area contributed by atoms with Gasteiger partial charge in [0.15, 0.2) is 23.1 Å². The maximum Gasteiger partial charge on any atom is 0.329 e. The Morgan fingerprint density at radius 1 is 0.973 bits per heavy atom. The lowest BCUT2D eigenvalue weighted by atomic mass is 10.0. The molecule has 2 aromatic carbocycles. The first kappa shape index (κ1) is 25.0. The van der Waals surface area contributed by atoms with Gasteiger partial charge in [-0.3, -0.25) is 19.7 Å². The van der Waals surface area contributed by atoms with Gasteiger partial charge < -0.3 is 9.47 Å². The Morgan fingerprint density at radius 3 is 2.22 bits per heavy atom. The molecule has 0 bridgehead atoms. The van der Waals surface area contributed by atoms with Gasteiger partial charge in [-0.05, 0) is 44.5 Å². The molecule has 0 atom stereocenters. The fourth-order valence-electron chi connectivity index (χ4n) is 5.06. The van der Waals surface area contributed by atoms with Gasteiger partial charge >= 0.3 is 6.03 Å². The third-order valence-corrected chi connectivity index (χ3v) is 7.03. The quantitative estimate of drug-likeness (QED) is 0.416. The lowest BCUT2D eigenvalue weighted by Gasteiger charge is -2.37. The predicted octanol–water partition coefficient (Wildman–Crippen LogP) is 5.61. The Hall–Kier alpha value is -3.72. The first-order valence-electron chi connectivity index (χ1n) is 12.4. The number of amides is 2. The van der Waals surface area contributed by atoms with Crippen LogP contribution in [0.2, 0.25) is 0 Å². The summed E-state index contributed by atoms with van der Waals surface area (Å²) in [6.07, 6.45) is 4.18. The van der Waals surface area contributed by atoms with E-state index in [1.165, 1.54) is 37.5 Å². The van der Waals surface area contributed by atoms with Crippen LogP contribution in [-0.4, -0.2) is 49.8 Å². The minimum atomic E-state index is -0.966. The van der Waals surface area contributed by atoms with Crippen molar-refractivity contribution < 1.29 is 23.0 Å². The van der Waals surface area contributed by atoms with Crippen LogP contribution in [0.5, 0.6) is 11.5 Å². The second-order valence-electron chi connectivity index (χ2n) is 9.25. The number of rotatable bonds is 7. The van der Waals surface area contributed by atoms with E-state index >= 15 is 8.78 Å². The van der Waals surface area contributed by atoms with Gasteiger partial charge in [-0.2, -0.15) is 0 Å². The molecule has 2 amide bonds. The standard InChI is InChI=1S/C28H30F2N4O3/c1-4-33-22-13-21(19-9-7-18(8-10-19)16-32-11-5-6-12-32)31-15-20(22)17-34(28(33)35)27-25(29)23(36-2)14-24(37-3)26(27)30/h7-10,13-15H,4-6,11-12,16-17H2,1-3H3. The molecule has 0 radical (unpaired) electrons. The molecule has 1 saturated heterocycles. The van der Waals surface area contributed by atoms with Crippen LogP contribution in [0, 0.1) is 11.6 Å². The second-order valence-corrected chi connectivity index (χ2v) is 9.25. The summed E-state index contributed by atoms with van der Waals surface area (Å²) < 4.78 is 40.5. The number of ether oxygens (including phenoxy) is 2. The van der Waals surface area contributed by atoms with Crippen LogP contribution in [0.4, 0.5) is 25.0 Å². The van der Waals surface area contributed by atoms with Crippen molar-refractivity contribution in [1.29, 1.82) is 0 Å². The first-order valence-corrected chi connectivity index (χ1v) is 12.4. The van der Waals surface area contributed by atoms with Crippen molar-refractivity contribution >= 4 is 17.4 Å². The summed E-state index contributed by atoms with van der Waals surface area (Å²) in [6.45, 7) is 5.30. The van der Waals surface area contributed by atoms with Gasteiger partial charge in [0.05, 0.1) is 32.1 Å². The molecule has 2 aliphatic heterocycles. The molecule has 37 heavy (non-hydrogen) atoms. The number of anilines is 2. The van der Waals surface area contributed by atoms with Crippen molar-refractivity contribution in [1.82, 2.24) is 9.88 Å². The van der Waals surface area contributed by atoms with Crippen LogP contribution in [0.15, 0.2) is 42.6 Å². The van der Waals surface area contributed by atoms with Crippen LogP contribution in [0.25, 0.3) is 11.3 Å². The number of methoxy groups -OCH3 is 2. The maximum atomic E-state index is 15.2. The molecular weight excluding hydrogens is 478 g/mol. The Morgan fingerprint density at radius 2 is 1.62 bits per heavy atom. The summed E-state index contributed by atoms with van der Waals surface area (Å²) in [4.78, 5) is 23.1.